The topological polar surface area (TPSA) is 98.0 Å². The molecule has 1 atom stereocenters. The molecule has 0 aromatic carbocycles. The number of piperazine rings is 1. The summed E-state index contributed by atoms with van der Waals surface area (Å²) in [7, 11) is 2.08. The Labute approximate surface area is 179 Å². The van der Waals surface area contributed by atoms with Crippen molar-refractivity contribution >= 4 is 23.4 Å². The molecule has 1 fully saturated rings. The number of aromatic nitrogens is 5. The Morgan fingerprint density at radius 3 is 2.87 bits per heavy atom. The van der Waals surface area contributed by atoms with Gasteiger partial charge in [0.25, 0.3) is 5.89 Å². The lowest BCUT2D eigenvalue weighted by atomic mass is 10.1. The molecule has 5 heterocycles. The minimum Gasteiger partial charge on any atom is -0.463 e. The molecule has 0 saturated carbocycles. The lowest BCUT2D eigenvalue weighted by molar-refractivity contribution is 0.190. The van der Waals surface area contributed by atoms with Gasteiger partial charge in [-0.2, -0.15) is 10.1 Å². The number of rotatable bonds is 4. The van der Waals surface area contributed by atoms with E-state index in [0.29, 0.717) is 23.2 Å². The monoisotopic (exact) mass is 429 g/mol. The summed E-state index contributed by atoms with van der Waals surface area (Å²) in [6, 6.07) is 5.90. The molecule has 5 rings (SSSR count). The van der Waals surface area contributed by atoms with E-state index in [2.05, 4.69) is 41.4 Å². The second-order valence-electron chi connectivity index (χ2n) is 7.61. The summed E-state index contributed by atoms with van der Waals surface area (Å²) < 4.78 is 13.2. The van der Waals surface area contributed by atoms with Crippen molar-refractivity contribution in [2.75, 3.05) is 26.7 Å². The SMILES string of the molecule is CC(C)n1ncc2c(-c3nc(C4CNCCN4C)no3)cc(-c3ccco3)nc21.Cl. The number of furan rings is 1. The lowest BCUT2D eigenvalue weighted by Gasteiger charge is -2.30. The van der Waals surface area contributed by atoms with E-state index in [4.69, 9.17) is 18.9 Å². The highest BCUT2D eigenvalue weighted by Crippen LogP contribution is 2.33. The highest BCUT2D eigenvalue weighted by atomic mass is 35.5. The molecule has 1 saturated heterocycles. The maximum atomic E-state index is 5.69. The van der Waals surface area contributed by atoms with Crippen LogP contribution in [0, 0.1) is 0 Å². The van der Waals surface area contributed by atoms with Crippen molar-refractivity contribution in [3.63, 3.8) is 0 Å². The number of hydrogen-bond acceptors (Lipinski definition) is 8. The molecule has 0 radical (unpaired) electrons. The van der Waals surface area contributed by atoms with Gasteiger partial charge in [0.15, 0.2) is 17.2 Å². The van der Waals surface area contributed by atoms with Gasteiger partial charge in [0, 0.05) is 25.7 Å². The zero-order valence-electron chi connectivity index (χ0n) is 17.1. The average molecular weight is 430 g/mol. The summed E-state index contributed by atoms with van der Waals surface area (Å²) in [6.45, 7) is 6.85. The summed E-state index contributed by atoms with van der Waals surface area (Å²) in [5.41, 5.74) is 2.27. The molecular formula is C20H24ClN7O2. The van der Waals surface area contributed by atoms with Gasteiger partial charge < -0.3 is 14.3 Å². The van der Waals surface area contributed by atoms with Gasteiger partial charge in [-0.15, -0.1) is 12.4 Å². The minimum absolute atomic E-state index is 0. The minimum atomic E-state index is 0. The molecular weight excluding hydrogens is 406 g/mol. The van der Waals surface area contributed by atoms with Crippen LogP contribution in [-0.2, 0) is 0 Å². The predicted octanol–water partition coefficient (Wildman–Crippen LogP) is 3.32. The van der Waals surface area contributed by atoms with Crippen molar-refractivity contribution in [2.45, 2.75) is 25.9 Å². The Morgan fingerprint density at radius 1 is 1.27 bits per heavy atom. The Kier molecular flexibility index (Phi) is 5.59. The van der Waals surface area contributed by atoms with Gasteiger partial charge >= 0.3 is 0 Å². The lowest BCUT2D eigenvalue weighted by Crippen LogP contribution is -2.44. The summed E-state index contributed by atoms with van der Waals surface area (Å²) in [6.07, 6.45) is 3.44. The second kappa shape index (κ2) is 8.17. The highest BCUT2D eigenvalue weighted by molar-refractivity contribution is 5.92. The molecule has 0 aliphatic carbocycles. The third-order valence-corrected chi connectivity index (χ3v) is 5.31. The van der Waals surface area contributed by atoms with Crippen molar-refractivity contribution in [1.29, 1.82) is 0 Å². The van der Waals surface area contributed by atoms with E-state index in [9.17, 15) is 0 Å². The largest absolute Gasteiger partial charge is 0.463 e. The van der Waals surface area contributed by atoms with Gasteiger partial charge in [-0.3, -0.25) is 4.90 Å². The fraction of sp³-hybridized carbons (Fsp3) is 0.400. The predicted molar refractivity (Wildman–Crippen MR) is 114 cm³/mol. The summed E-state index contributed by atoms with van der Waals surface area (Å²) in [4.78, 5) is 11.8. The van der Waals surface area contributed by atoms with E-state index < -0.39 is 0 Å². The Morgan fingerprint density at radius 2 is 2.13 bits per heavy atom. The summed E-state index contributed by atoms with van der Waals surface area (Å²) in [5.74, 6) is 1.82. The van der Waals surface area contributed by atoms with Crippen LogP contribution in [0.25, 0.3) is 33.9 Å². The smallest absolute Gasteiger partial charge is 0.258 e. The van der Waals surface area contributed by atoms with Crippen LogP contribution in [0.3, 0.4) is 0 Å². The number of nitrogens with zero attached hydrogens (tertiary/aromatic N) is 6. The summed E-state index contributed by atoms with van der Waals surface area (Å²) in [5, 5.41) is 13.1. The van der Waals surface area contributed by atoms with Gasteiger partial charge in [0.05, 0.1) is 29.5 Å². The molecule has 4 aromatic heterocycles. The van der Waals surface area contributed by atoms with E-state index in [1.807, 2.05) is 29.1 Å². The van der Waals surface area contributed by atoms with Gasteiger partial charge in [-0.05, 0) is 39.1 Å². The molecule has 4 aromatic rings. The van der Waals surface area contributed by atoms with E-state index in [0.717, 1.165) is 36.2 Å². The van der Waals surface area contributed by atoms with E-state index in [-0.39, 0.29) is 24.5 Å². The van der Waals surface area contributed by atoms with Crippen LogP contribution < -0.4 is 5.32 Å². The number of hydrogen-bond donors (Lipinski definition) is 1. The first-order valence-corrected chi connectivity index (χ1v) is 9.79. The molecule has 158 valence electrons. The summed E-state index contributed by atoms with van der Waals surface area (Å²) >= 11 is 0. The Bertz CT molecular complexity index is 1140. The normalized spacial score (nSPS) is 17.5. The van der Waals surface area contributed by atoms with Crippen LogP contribution >= 0.6 is 12.4 Å². The molecule has 1 aliphatic heterocycles. The number of likely N-dealkylation sites (N-methyl/N-ethyl adjacent to an activating group) is 1. The molecule has 9 nitrogen and oxygen atoms in total. The van der Waals surface area contributed by atoms with Crippen molar-refractivity contribution in [3.05, 3.63) is 36.5 Å². The molecule has 1 N–H and O–H groups in total. The van der Waals surface area contributed by atoms with Crippen LogP contribution in [0.2, 0.25) is 0 Å². The van der Waals surface area contributed by atoms with Crippen LogP contribution in [0.1, 0.15) is 31.8 Å². The molecule has 0 amide bonds. The van der Waals surface area contributed by atoms with E-state index >= 15 is 0 Å². The first-order valence-electron chi connectivity index (χ1n) is 9.79. The standard InChI is InChI=1S/C20H23N7O2.ClH/c1-12(2)27-19-14(10-22-27)13(9-15(23-19)17-5-4-8-28-17)20-24-18(25-29-20)16-11-21-6-7-26(16)3;/h4-5,8-10,12,16,21H,6-7,11H2,1-3H3;1H. The molecule has 10 heteroatoms. The molecule has 1 unspecified atom stereocenters. The second-order valence-corrected chi connectivity index (χ2v) is 7.61. The van der Waals surface area contributed by atoms with E-state index in [1.54, 1.807) is 6.26 Å². The van der Waals surface area contributed by atoms with Crippen molar-refractivity contribution in [2.24, 2.45) is 0 Å². The molecule has 30 heavy (non-hydrogen) atoms. The number of nitrogens with one attached hydrogen (secondary N) is 1. The van der Waals surface area contributed by atoms with Gasteiger partial charge in [0.1, 0.15) is 5.69 Å². The maximum absolute atomic E-state index is 5.69. The zero-order chi connectivity index (χ0) is 20.0. The number of halogens is 1. The maximum Gasteiger partial charge on any atom is 0.258 e. The van der Waals surface area contributed by atoms with Gasteiger partial charge in [0.2, 0.25) is 0 Å². The fourth-order valence-electron chi connectivity index (χ4n) is 3.70. The van der Waals surface area contributed by atoms with Crippen LogP contribution in [0.15, 0.2) is 39.6 Å². The van der Waals surface area contributed by atoms with Crippen molar-refractivity contribution in [3.8, 4) is 22.9 Å². The first kappa shape index (κ1) is 20.5. The molecule has 1 aliphatic rings. The number of fused-ring (bicyclic) bond motifs is 1. The third kappa shape index (κ3) is 3.49. The zero-order valence-corrected chi connectivity index (χ0v) is 17.9. The van der Waals surface area contributed by atoms with Crippen molar-refractivity contribution < 1.29 is 8.94 Å². The van der Waals surface area contributed by atoms with Crippen molar-refractivity contribution in [1.82, 2.24) is 35.1 Å². The Balaban J connectivity index is 0.00000218. The van der Waals surface area contributed by atoms with Gasteiger partial charge in [-0.25, -0.2) is 9.67 Å². The fourth-order valence-corrected chi connectivity index (χ4v) is 3.70. The quantitative estimate of drug-likeness (QED) is 0.527. The molecule has 0 spiro atoms. The Hall–Kier alpha value is -2.75. The average Bonchev–Trinajstić information content (AvgIpc) is 3.46. The van der Waals surface area contributed by atoms with Gasteiger partial charge in [-0.1, -0.05) is 5.16 Å². The van der Waals surface area contributed by atoms with E-state index in [1.165, 1.54) is 0 Å². The molecule has 0 bridgehead atoms. The highest BCUT2D eigenvalue weighted by Gasteiger charge is 2.27. The van der Waals surface area contributed by atoms with Crippen LogP contribution in [-0.4, -0.2) is 56.5 Å². The van der Waals surface area contributed by atoms with Crippen LogP contribution in [0.5, 0.6) is 0 Å². The number of pyridine rings is 1. The first-order chi connectivity index (χ1) is 14.1. The third-order valence-electron chi connectivity index (χ3n) is 5.31. The van der Waals surface area contributed by atoms with Crippen LogP contribution in [0.4, 0.5) is 0 Å².